The van der Waals surface area contributed by atoms with E-state index in [-0.39, 0.29) is 0 Å². The molecule has 14 heavy (non-hydrogen) atoms. The van der Waals surface area contributed by atoms with Crippen molar-refractivity contribution in [3.05, 3.63) is 22.3 Å². The maximum absolute atomic E-state index is 6.12. The fourth-order valence-electron chi connectivity index (χ4n) is 2.45. The van der Waals surface area contributed by atoms with Gasteiger partial charge in [0.25, 0.3) is 0 Å². The molecule has 4 nitrogen and oxygen atoms in total. The number of fused-ring (bicyclic) bond motifs is 2. The molecular weight excluding hydrogens is 176 g/mol. The Hall–Kier alpha value is -1.26. The Balaban J connectivity index is 2.33. The Kier molecular flexibility index (Phi) is 1.51. The van der Waals surface area contributed by atoms with Crippen LogP contribution in [-0.4, -0.2) is 0 Å². The second kappa shape index (κ2) is 2.62. The van der Waals surface area contributed by atoms with E-state index in [2.05, 4.69) is 10.6 Å². The van der Waals surface area contributed by atoms with E-state index < -0.39 is 0 Å². The highest BCUT2D eigenvalue weighted by atomic mass is 14.9. The molecule has 1 aromatic carbocycles. The molecule has 4 heteroatoms. The summed E-state index contributed by atoms with van der Waals surface area (Å²) in [6.07, 6.45) is 0. The minimum atomic E-state index is 0.860. The highest BCUT2D eigenvalue weighted by Gasteiger charge is 2.25. The van der Waals surface area contributed by atoms with Crippen molar-refractivity contribution in [3.8, 4) is 0 Å². The fourth-order valence-corrected chi connectivity index (χ4v) is 2.45. The normalized spacial score (nSPS) is 18.3. The summed E-state index contributed by atoms with van der Waals surface area (Å²) in [5.74, 6) is 0. The van der Waals surface area contributed by atoms with Crippen LogP contribution in [0.15, 0.2) is 0 Å². The SMILES string of the molecule is Nc1c2c(c(N)c3c1CNC3)CNC2. The maximum Gasteiger partial charge on any atom is 0.0413 e. The molecule has 0 radical (unpaired) electrons. The lowest BCUT2D eigenvalue weighted by molar-refractivity contribution is 0.756. The van der Waals surface area contributed by atoms with Crippen LogP contribution in [0.25, 0.3) is 0 Å². The molecule has 0 aromatic heterocycles. The van der Waals surface area contributed by atoms with Gasteiger partial charge in [0.05, 0.1) is 0 Å². The van der Waals surface area contributed by atoms with E-state index in [0.29, 0.717) is 0 Å². The summed E-state index contributed by atoms with van der Waals surface area (Å²) < 4.78 is 0. The molecule has 74 valence electrons. The maximum atomic E-state index is 6.12. The number of anilines is 2. The topological polar surface area (TPSA) is 76.1 Å². The Morgan fingerprint density at radius 1 is 0.643 bits per heavy atom. The predicted octanol–water partition coefficient (Wildman–Crippen LogP) is 0.0574. The molecule has 0 amide bonds. The molecule has 3 rings (SSSR count). The first-order valence-electron chi connectivity index (χ1n) is 4.91. The van der Waals surface area contributed by atoms with Crippen LogP contribution in [0.5, 0.6) is 0 Å². The van der Waals surface area contributed by atoms with E-state index in [4.69, 9.17) is 11.5 Å². The molecule has 0 saturated carbocycles. The van der Waals surface area contributed by atoms with Gasteiger partial charge in [-0.2, -0.15) is 0 Å². The summed E-state index contributed by atoms with van der Waals surface area (Å²) in [4.78, 5) is 0. The van der Waals surface area contributed by atoms with Gasteiger partial charge >= 0.3 is 0 Å². The average molecular weight is 190 g/mol. The summed E-state index contributed by atoms with van der Waals surface area (Å²) in [6, 6.07) is 0. The zero-order valence-corrected chi connectivity index (χ0v) is 7.98. The summed E-state index contributed by atoms with van der Waals surface area (Å²) in [7, 11) is 0. The molecule has 2 heterocycles. The van der Waals surface area contributed by atoms with E-state index in [1.54, 1.807) is 0 Å². The smallest absolute Gasteiger partial charge is 0.0413 e. The Bertz CT molecular complexity index is 339. The van der Waals surface area contributed by atoms with Crippen molar-refractivity contribution >= 4 is 11.4 Å². The first-order chi connectivity index (χ1) is 6.79. The van der Waals surface area contributed by atoms with Crippen molar-refractivity contribution in [1.29, 1.82) is 0 Å². The van der Waals surface area contributed by atoms with Crippen LogP contribution < -0.4 is 22.1 Å². The van der Waals surface area contributed by atoms with E-state index in [0.717, 1.165) is 37.6 Å². The van der Waals surface area contributed by atoms with Gasteiger partial charge in [0.2, 0.25) is 0 Å². The summed E-state index contributed by atoms with van der Waals surface area (Å²) >= 11 is 0. The summed E-state index contributed by atoms with van der Waals surface area (Å²) in [6.45, 7) is 3.44. The van der Waals surface area contributed by atoms with Crippen molar-refractivity contribution in [3.63, 3.8) is 0 Å². The van der Waals surface area contributed by atoms with Crippen molar-refractivity contribution in [2.24, 2.45) is 0 Å². The number of nitrogens with one attached hydrogen (secondary N) is 2. The third-order valence-electron chi connectivity index (χ3n) is 3.24. The van der Waals surface area contributed by atoms with Gasteiger partial charge in [-0.25, -0.2) is 0 Å². The van der Waals surface area contributed by atoms with E-state index in [1.165, 1.54) is 22.3 Å². The molecule has 0 bridgehead atoms. The quantitative estimate of drug-likeness (QED) is 0.344. The van der Waals surface area contributed by atoms with Crippen LogP contribution in [0.1, 0.15) is 22.3 Å². The highest BCUT2D eigenvalue weighted by Crippen LogP contribution is 2.36. The lowest BCUT2D eigenvalue weighted by Crippen LogP contribution is -2.05. The summed E-state index contributed by atoms with van der Waals surface area (Å²) in [5.41, 5.74) is 19.0. The molecule has 0 saturated heterocycles. The minimum Gasteiger partial charge on any atom is -0.398 e. The highest BCUT2D eigenvalue weighted by molar-refractivity contribution is 5.73. The van der Waals surface area contributed by atoms with Crippen molar-refractivity contribution in [1.82, 2.24) is 10.6 Å². The van der Waals surface area contributed by atoms with Crippen LogP contribution >= 0.6 is 0 Å². The predicted molar refractivity (Wildman–Crippen MR) is 56.4 cm³/mol. The minimum absolute atomic E-state index is 0.860. The fraction of sp³-hybridized carbons (Fsp3) is 0.400. The second-order valence-corrected chi connectivity index (χ2v) is 3.95. The van der Waals surface area contributed by atoms with Crippen LogP contribution in [0, 0.1) is 0 Å². The third kappa shape index (κ3) is 0.844. The van der Waals surface area contributed by atoms with Gasteiger partial charge in [-0.15, -0.1) is 0 Å². The van der Waals surface area contributed by atoms with Gasteiger partial charge in [0.15, 0.2) is 0 Å². The second-order valence-electron chi connectivity index (χ2n) is 3.95. The zero-order chi connectivity index (χ0) is 9.71. The first-order valence-corrected chi connectivity index (χ1v) is 4.91. The first kappa shape index (κ1) is 8.08. The summed E-state index contributed by atoms with van der Waals surface area (Å²) in [5, 5.41) is 6.58. The van der Waals surface area contributed by atoms with Crippen LogP contribution in [0.3, 0.4) is 0 Å². The van der Waals surface area contributed by atoms with Crippen LogP contribution in [0.2, 0.25) is 0 Å². The largest absolute Gasteiger partial charge is 0.398 e. The lowest BCUT2D eigenvalue weighted by Gasteiger charge is -2.12. The molecule has 6 N–H and O–H groups in total. The molecule has 0 spiro atoms. The van der Waals surface area contributed by atoms with Gasteiger partial charge in [0, 0.05) is 37.6 Å². The molecule has 2 aliphatic heterocycles. The monoisotopic (exact) mass is 190 g/mol. The number of nitrogens with two attached hydrogens (primary N) is 2. The number of rotatable bonds is 0. The lowest BCUT2D eigenvalue weighted by atomic mass is 9.97. The van der Waals surface area contributed by atoms with E-state index in [9.17, 15) is 0 Å². The van der Waals surface area contributed by atoms with Gasteiger partial charge in [-0.05, 0) is 22.3 Å². The van der Waals surface area contributed by atoms with E-state index >= 15 is 0 Å². The molecule has 0 fully saturated rings. The van der Waals surface area contributed by atoms with Gasteiger partial charge < -0.3 is 22.1 Å². The number of nitrogen functional groups attached to an aromatic ring is 2. The Morgan fingerprint density at radius 2 is 0.929 bits per heavy atom. The van der Waals surface area contributed by atoms with Crippen molar-refractivity contribution < 1.29 is 0 Å². The van der Waals surface area contributed by atoms with Crippen molar-refractivity contribution in [2.45, 2.75) is 26.2 Å². The van der Waals surface area contributed by atoms with Crippen LogP contribution in [0.4, 0.5) is 11.4 Å². The van der Waals surface area contributed by atoms with Crippen LogP contribution in [-0.2, 0) is 26.2 Å². The number of hydrogen-bond acceptors (Lipinski definition) is 4. The molecule has 0 atom stereocenters. The Labute approximate surface area is 82.7 Å². The average Bonchev–Trinajstić information content (AvgIpc) is 2.82. The zero-order valence-electron chi connectivity index (χ0n) is 7.98. The number of benzene rings is 1. The standard InChI is InChI=1S/C10H14N4/c11-9-5-1-13-2-6(5)10(12)8-4-14-3-7(8)9/h13-14H,1-4,11-12H2. The Morgan fingerprint density at radius 3 is 1.21 bits per heavy atom. The number of hydrogen-bond donors (Lipinski definition) is 4. The van der Waals surface area contributed by atoms with Crippen molar-refractivity contribution in [2.75, 3.05) is 11.5 Å². The third-order valence-corrected chi connectivity index (χ3v) is 3.24. The van der Waals surface area contributed by atoms with Gasteiger partial charge in [-0.3, -0.25) is 0 Å². The van der Waals surface area contributed by atoms with Gasteiger partial charge in [-0.1, -0.05) is 0 Å². The molecule has 0 unspecified atom stereocenters. The molecule has 0 aliphatic carbocycles. The molecule has 2 aliphatic rings. The van der Waals surface area contributed by atoms with Gasteiger partial charge in [0.1, 0.15) is 0 Å². The molecular formula is C10H14N4. The molecule has 1 aromatic rings. The van der Waals surface area contributed by atoms with E-state index in [1.807, 2.05) is 0 Å².